The number of nitrogens with one attached hydrogen (secondary N) is 2. The van der Waals surface area contributed by atoms with E-state index in [1.807, 2.05) is 32.9 Å². The molecular formula is C18H22N4O3. The molecule has 0 aliphatic carbocycles. The highest BCUT2D eigenvalue weighted by molar-refractivity contribution is 6.01. The molecule has 25 heavy (non-hydrogen) atoms. The van der Waals surface area contributed by atoms with Crippen LogP contribution in [0.15, 0.2) is 22.7 Å². The number of aromatic nitrogens is 3. The van der Waals surface area contributed by atoms with Crippen LogP contribution in [0.2, 0.25) is 0 Å². The monoisotopic (exact) mass is 342 g/mol. The molecule has 1 aromatic carbocycles. The summed E-state index contributed by atoms with van der Waals surface area (Å²) in [6.07, 6.45) is 0.571. The number of aromatic amines is 1. The van der Waals surface area contributed by atoms with Gasteiger partial charge in [-0.15, -0.1) is 0 Å². The highest BCUT2D eigenvalue weighted by Gasteiger charge is 2.20. The molecule has 0 unspecified atom stereocenters. The molecule has 0 bridgehead atoms. The van der Waals surface area contributed by atoms with E-state index in [1.165, 1.54) is 0 Å². The summed E-state index contributed by atoms with van der Waals surface area (Å²) in [5.41, 5.74) is 3.58. The Hall–Kier alpha value is -2.67. The second kappa shape index (κ2) is 7.06. The van der Waals surface area contributed by atoms with Crippen LogP contribution in [0.1, 0.15) is 46.3 Å². The molecule has 0 spiro atoms. The van der Waals surface area contributed by atoms with Crippen LogP contribution in [-0.4, -0.2) is 34.7 Å². The van der Waals surface area contributed by atoms with Gasteiger partial charge in [0.1, 0.15) is 11.7 Å². The number of H-pyrrole nitrogens is 1. The normalized spacial score (nSPS) is 12.5. The standard InChI is InChI=1S/C18H22N4O3/c1-10-5-6-14-13(9-10)11(2)16(20-14)17(23)19-12(3)18-21-15(22-25-18)7-8-24-4/h5-6,9,12,20H,7-8H2,1-4H3,(H,19,23)/t12-/m1/s1. The Bertz CT molecular complexity index is 897. The van der Waals surface area contributed by atoms with Crippen molar-refractivity contribution in [3.8, 4) is 0 Å². The molecule has 0 aliphatic heterocycles. The van der Waals surface area contributed by atoms with E-state index in [1.54, 1.807) is 7.11 Å². The van der Waals surface area contributed by atoms with E-state index < -0.39 is 0 Å². The van der Waals surface area contributed by atoms with Gasteiger partial charge in [0.25, 0.3) is 5.91 Å². The van der Waals surface area contributed by atoms with E-state index >= 15 is 0 Å². The Balaban J connectivity index is 1.75. The molecule has 3 aromatic rings. The minimum absolute atomic E-state index is 0.199. The lowest BCUT2D eigenvalue weighted by atomic mass is 10.1. The topological polar surface area (TPSA) is 93.0 Å². The Labute approximate surface area is 145 Å². The summed E-state index contributed by atoms with van der Waals surface area (Å²) in [6.45, 7) is 6.30. The molecule has 0 radical (unpaired) electrons. The number of rotatable bonds is 6. The molecule has 0 aliphatic rings. The maximum Gasteiger partial charge on any atom is 0.268 e. The second-order valence-corrected chi connectivity index (χ2v) is 6.16. The molecule has 0 saturated carbocycles. The highest BCUT2D eigenvalue weighted by atomic mass is 16.5. The van der Waals surface area contributed by atoms with Crippen LogP contribution in [0.4, 0.5) is 0 Å². The van der Waals surface area contributed by atoms with Gasteiger partial charge in [-0.25, -0.2) is 0 Å². The van der Waals surface area contributed by atoms with E-state index in [4.69, 9.17) is 9.26 Å². The van der Waals surface area contributed by atoms with Gasteiger partial charge in [0.05, 0.1) is 6.61 Å². The minimum Gasteiger partial charge on any atom is -0.384 e. The third-order valence-electron chi connectivity index (χ3n) is 4.17. The van der Waals surface area contributed by atoms with Crippen molar-refractivity contribution in [1.82, 2.24) is 20.4 Å². The van der Waals surface area contributed by atoms with Gasteiger partial charge >= 0.3 is 0 Å². The van der Waals surface area contributed by atoms with Crippen molar-refractivity contribution in [2.24, 2.45) is 0 Å². The van der Waals surface area contributed by atoms with Crippen molar-refractivity contribution in [2.45, 2.75) is 33.2 Å². The van der Waals surface area contributed by atoms with Gasteiger partial charge in [-0.3, -0.25) is 4.79 Å². The van der Waals surface area contributed by atoms with Gasteiger partial charge in [-0.05, 0) is 38.5 Å². The minimum atomic E-state index is -0.385. The van der Waals surface area contributed by atoms with Gasteiger partial charge in [0.2, 0.25) is 5.89 Å². The van der Waals surface area contributed by atoms with Crippen LogP contribution in [0.25, 0.3) is 10.9 Å². The highest BCUT2D eigenvalue weighted by Crippen LogP contribution is 2.23. The molecule has 2 heterocycles. The summed E-state index contributed by atoms with van der Waals surface area (Å²) < 4.78 is 10.2. The fourth-order valence-electron chi connectivity index (χ4n) is 2.74. The molecule has 7 heteroatoms. The van der Waals surface area contributed by atoms with Gasteiger partial charge in [0.15, 0.2) is 5.82 Å². The second-order valence-electron chi connectivity index (χ2n) is 6.16. The molecule has 3 rings (SSSR count). The number of amides is 1. The Morgan fingerprint density at radius 2 is 2.20 bits per heavy atom. The van der Waals surface area contributed by atoms with Crippen molar-refractivity contribution in [3.05, 3.63) is 46.7 Å². The largest absolute Gasteiger partial charge is 0.384 e. The van der Waals surface area contributed by atoms with E-state index in [0.717, 1.165) is 22.0 Å². The first kappa shape index (κ1) is 17.2. The quantitative estimate of drug-likeness (QED) is 0.718. The predicted molar refractivity (Wildman–Crippen MR) is 93.5 cm³/mol. The summed E-state index contributed by atoms with van der Waals surface area (Å²) in [5, 5.41) is 7.85. The van der Waals surface area contributed by atoms with Gasteiger partial charge in [0, 0.05) is 24.4 Å². The third kappa shape index (κ3) is 3.56. The molecular weight excluding hydrogens is 320 g/mol. The molecule has 1 atom stereocenters. The first-order valence-corrected chi connectivity index (χ1v) is 8.20. The van der Waals surface area contributed by atoms with Crippen LogP contribution in [0.3, 0.4) is 0 Å². The number of aryl methyl sites for hydroxylation is 2. The van der Waals surface area contributed by atoms with Crippen LogP contribution >= 0.6 is 0 Å². The summed E-state index contributed by atoms with van der Waals surface area (Å²) in [6, 6.07) is 5.69. The van der Waals surface area contributed by atoms with E-state index in [2.05, 4.69) is 26.5 Å². The predicted octanol–water partition coefficient (Wildman–Crippen LogP) is 2.85. The third-order valence-corrected chi connectivity index (χ3v) is 4.17. The maximum atomic E-state index is 12.6. The van der Waals surface area contributed by atoms with Crippen molar-refractivity contribution < 1.29 is 14.1 Å². The average molecular weight is 342 g/mol. The summed E-state index contributed by atoms with van der Waals surface area (Å²) in [5.74, 6) is 0.745. The number of fused-ring (bicyclic) bond motifs is 1. The number of methoxy groups -OCH3 is 1. The van der Waals surface area contributed by atoms with Gasteiger partial charge in [-0.2, -0.15) is 4.98 Å². The van der Waals surface area contributed by atoms with E-state index in [0.29, 0.717) is 30.4 Å². The zero-order valence-corrected chi connectivity index (χ0v) is 14.8. The maximum absolute atomic E-state index is 12.6. The molecule has 1 amide bonds. The molecule has 0 saturated heterocycles. The molecule has 2 N–H and O–H groups in total. The number of hydrogen-bond acceptors (Lipinski definition) is 5. The smallest absolute Gasteiger partial charge is 0.268 e. The molecule has 0 fully saturated rings. The Morgan fingerprint density at radius 1 is 1.40 bits per heavy atom. The fraction of sp³-hybridized carbons (Fsp3) is 0.389. The Kier molecular flexibility index (Phi) is 4.85. The van der Waals surface area contributed by atoms with Gasteiger partial charge < -0.3 is 19.6 Å². The number of carbonyl (C=O) groups is 1. The zero-order valence-electron chi connectivity index (χ0n) is 14.8. The SMILES string of the molecule is COCCc1noc([C@@H](C)NC(=O)c2[nH]c3ccc(C)cc3c2C)n1. The lowest BCUT2D eigenvalue weighted by molar-refractivity contribution is 0.0927. The number of hydrogen-bond donors (Lipinski definition) is 2. The first-order chi connectivity index (χ1) is 12.0. The molecule has 7 nitrogen and oxygen atoms in total. The van der Waals surface area contributed by atoms with Crippen molar-refractivity contribution in [3.63, 3.8) is 0 Å². The summed E-state index contributed by atoms with van der Waals surface area (Å²) >= 11 is 0. The average Bonchev–Trinajstić information content (AvgIpc) is 3.18. The lowest BCUT2D eigenvalue weighted by Gasteiger charge is -2.09. The number of ether oxygens (including phenoxy) is 1. The lowest BCUT2D eigenvalue weighted by Crippen LogP contribution is -2.27. The summed E-state index contributed by atoms with van der Waals surface area (Å²) in [4.78, 5) is 20.1. The van der Waals surface area contributed by atoms with Crippen LogP contribution < -0.4 is 5.32 Å². The van der Waals surface area contributed by atoms with Gasteiger partial charge in [-0.1, -0.05) is 16.8 Å². The van der Waals surface area contributed by atoms with Crippen LogP contribution in [0, 0.1) is 13.8 Å². The van der Waals surface area contributed by atoms with Crippen LogP contribution in [-0.2, 0) is 11.2 Å². The fourth-order valence-corrected chi connectivity index (χ4v) is 2.74. The summed E-state index contributed by atoms with van der Waals surface area (Å²) in [7, 11) is 1.62. The van der Waals surface area contributed by atoms with Crippen molar-refractivity contribution in [1.29, 1.82) is 0 Å². The van der Waals surface area contributed by atoms with E-state index in [9.17, 15) is 4.79 Å². The molecule has 2 aromatic heterocycles. The number of nitrogens with zero attached hydrogens (tertiary/aromatic N) is 2. The van der Waals surface area contributed by atoms with Crippen molar-refractivity contribution in [2.75, 3.05) is 13.7 Å². The number of benzene rings is 1. The van der Waals surface area contributed by atoms with Crippen molar-refractivity contribution >= 4 is 16.8 Å². The number of carbonyl (C=O) groups excluding carboxylic acids is 1. The molecule has 132 valence electrons. The Morgan fingerprint density at radius 3 is 2.96 bits per heavy atom. The van der Waals surface area contributed by atoms with E-state index in [-0.39, 0.29) is 11.9 Å². The first-order valence-electron chi connectivity index (χ1n) is 8.20. The van der Waals surface area contributed by atoms with Crippen LogP contribution in [0.5, 0.6) is 0 Å². The zero-order chi connectivity index (χ0) is 18.0.